The number of rotatable bonds is 9. The SMILES string of the molecule is O=C(O[C@@H](C(=O)c1ccccc1)c1ccc([N+](=O)[O-])cc1)c1ccc(N2C(=O)c3cccc(Oc4ccc(Cl)cc4)c3C2=O)cc1. The van der Waals surface area contributed by atoms with E-state index in [0.29, 0.717) is 10.8 Å². The van der Waals surface area contributed by atoms with Crippen LogP contribution in [-0.4, -0.2) is 28.5 Å². The summed E-state index contributed by atoms with van der Waals surface area (Å²) < 4.78 is 11.5. The fraction of sp³-hybridized carbons (Fsp3) is 0.0286. The number of ketones is 1. The number of fused-ring (bicyclic) bond motifs is 1. The first-order valence-corrected chi connectivity index (χ1v) is 14.2. The van der Waals surface area contributed by atoms with Crippen molar-refractivity contribution < 1.29 is 33.6 Å². The number of nitro benzene ring substituents is 1. The summed E-state index contributed by atoms with van der Waals surface area (Å²) in [6.45, 7) is 0. The Hall–Kier alpha value is -6.13. The van der Waals surface area contributed by atoms with Gasteiger partial charge < -0.3 is 9.47 Å². The third-order valence-corrected chi connectivity index (χ3v) is 7.46. The van der Waals surface area contributed by atoms with Crippen molar-refractivity contribution in [3.8, 4) is 11.5 Å². The molecule has 1 heterocycles. The van der Waals surface area contributed by atoms with Crippen LogP contribution in [0.1, 0.15) is 53.1 Å². The summed E-state index contributed by atoms with van der Waals surface area (Å²) in [5, 5.41) is 11.6. The van der Waals surface area contributed by atoms with Gasteiger partial charge in [-0.25, -0.2) is 9.69 Å². The third-order valence-electron chi connectivity index (χ3n) is 7.21. The number of halogens is 1. The highest BCUT2D eigenvalue weighted by molar-refractivity contribution is 6.35. The fourth-order valence-corrected chi connectivity index (χ4v) is 5.05. The lowest BCUT2D eigenvalue weighted by Crippen LogP contribution is -2.29. The standard InChI is InChI=1S/C35H21ClN2O8/c36-24-13-19-27(20-14-24)45-29-8-4-7-28-30(29)34(41)37(33(28)40)25-15-11-23(12-16-25)35(42)46-32(31(39)21-5-2-1-3-6-21)22-9-17-26(18-10-22)38(43)44/h1-20,32H/t32-/m1/s1. The van der Waals surface area contributed by atoms with E-state index in [1.165, 1.54) is 54.6 Å². The average Bonchev–Trinajstić information content (AvgIpc) is 3.34. The van der Waals surface area contributed by atoms with Crippen LogP contribution in [0.2, 0.25) is 5.02 Å². The Labute approximate surface area is 266 Å². The molecule has 0 bridgehead atoms. The van der Waals surface area contributed by atoms with E-state index in [1.54, 1.807) is 66.7 Å². The van der Waals surface area contributed by atoms with Crippen molar-refractivity contribution in [2.45, 2.75) is 6.10 Å². The van der Waals surface area contributed by atoms with Crippen molar-refractivity contribution in [1.82, 2.24) is 0 Å². The highest BCUT2D eigenvalue weighted by atomic mass is 35.5. The average molecular weight is 633 g/mol. The largest absolute Gasteiger partial charge is 0.457 e. The van der Waals surface area contributed by atoms with E-state index in [4.69, 9.17) is 21.1 Å². The second-order valence-corrected chi connectivity index (χ2v) is 10.5. The van der Waals surface area contributed by atoms with Gasteiger partial charge in [0, 0.05) is 28.3 Å². The molecule has 0 spiro atoms. The number of Topliss-reactive ketones (excluding diaryl/α,β-unsaturated/α-hetero) is 1. The molecule has 11 heteroatoms. The van der Waals surface area contributed by atoms with Gasteiger partial charge in [-0.1, -0.05) is 48.0 Å². The Balaban J connectivity index is 1.24. The first-order valence-electron chi connectivity index (χ1n) is 13.8. The molecule has 0 fully saturated rings. The van der Waals surface area contributed by atoms with Gasteiger partial charge in [0.25, 0.3) is 17.5 Å². The zero-order valence-corrected chi connectivity index (χ0v) is 24.4. The minimum absolute atomic E-state index is 0.0416. The smallest absolute Gasteiger partial charge is 0.339 e. The third kappa shape index (κ3) is 5.84. The van der Waals surface area contributed by atoms with Crippen LogP contribution < -0.4 is 9.64 Å². The molecular weight excluding hydrogens is 612 g/mol. The molecule has 10 nitrogen and oxygen atoms in total. The number of hydrogen-bond donors (Lipinski definition) is 0. The van der Waals surface area contributed by atoms with Crippen molar-refractivity contribution in [3.05, 3.63) is 164 Å². The van der Waals surface area contributed by atoms with Crippen LogP contribution in [-0.2, 0) is 4.74 Å². The van der Waals surface area contributed by atoms with Crippen molar-refractivity contribution >= 4 is 46.5 Å². The minimum Gasteiger partial charge on any atom is -0.457 e. The zero-order chi connectivity index (χ0) is 32.4. The lowest BCUT2D eigenvalue weighted by atomic mass is 9.99. The summed E-state index contributed by atoms with van der Waals surface area (Å²) in [6, 6.07) is 30.2. The minimum atomic E-state index is -1.40. The van der Waals surface area contributed by atoms with Gasteiger partial charge in [-0.3, -0.25) is 24.5 Å². The molecule has 0 aromatic heterocycles. The molecule has 6 rings (SSSR count). The quantitative estimate of drug-likeness (QED) is 0.0533. The summed E-state index contributed by atoms with van der Waals surface area (Å²) in [7, 11) is 0. The van der Waals surface area contributed by atoms with Gasteiger partial charge in [-0.2, -0.15) is 0 Å². The summed E-state index contributed by atoms with van der Waals surface area (Å²) in [5.74, 6) is -1.93. The van der Waals surface area contributed by atoms with Crippen LogP contribution in [0.15, 0.2) is 121 Å². The van der Waals surface area contributed by atoms with E-state index >= 15 is 0 Å². The maximum absolute atomic E-state index is 13.5. The van der Waals surface area contributed by atoms with Crippen LogP contribution in [0, 0.1) is 10.1 Å². The molecular formula is C35H21ClN2O8. The summed E-state index contributed by atoms with van der Waals surface area (Å²) in [6.07, 6.45) is -1.40. The molecule has 1 aliphatic heterocycles. The van der Waals surface area contributed by atoms with E-state index in [9.17, 15) is 29.3 Å². The van der Waals surface area contributed by atoms with Gasteiger partial charge in [0.15, 0.2) is 6.10 Å². The van der Waals surface area contributed by atoms with E-state index in [1.807, 2.05) is 0 Å². The Morgan fingerprint density at radius 1 is 0.739 bits per heavy atom. The second-order valence-electron chi connectivity index (χ2n) is 10.1. The van der Waals surface area contributed by atoms with Crippen molar-refractivity contribution in [3.63, 3.8) is 0 Å². The molecule has 0 unspecified atom stereocenters. The van der Waals surface area contributed by atoms with Gasteiger partial charge in [0.2, 0.25) is 5.78 Å². The van der Waals surface area contributed by atoms with Gasteiger partial charge in [0.05, 0.1) is 27.3 Å². The summed E-state index contributed by atoms with van der Waals surface area (Å²) >= 11 is 5.95. The molecule has 0 aliphatic carbocycles. The zero-order valence-electron chi connectivity index (χ0n) is 23.7. The van der Waals surface area contributed by atoms with Crippen LogP contribution in [0.4, 0.5) is 11.4 Å². The Bertz CT molecular complexity index is 1990. The van der Waals surface area contributed by atoms with E-state index in [0.717, 1.165) is 4.90 Å². The molecule has 5 aromatic carbocycles. The van der Waals surface area contributed by atoms with Crippen molar-refractivity contribution in [2.75, 3.05) is 4.90 Å². The molecule has 5 aromatic rings. The Morgan fingerprint density at radius 3 is 2.07 bits per heavy atom. The molecule has 1 atom stereocenters. The van der Waals surface area contributed by atoms with Crippen molar-refractivity contribution in [2.24, 2.45) is 0 Å². The lowest BCUT2D eigenvalue weighted by Gasteiger charge is -2.18. The number of anilines is 1. The van der Waals surface area contributed by atoms with Crippen molar-refractivity contribution in [1.29, 1.82) is 0 Å². The van der Waals surface area contributed by atoms with E-state index in [-0.39, 0.29) is 44.9 Å². The van der Waals surface area contributed by atoms with Gasteiger partial charge >= 0.3 is 5.97 Å². The number of nitrogens with zero attached hydrogens (tertiary/aromatic N) is 2. The topological polar surface area (TPSA) is 133 Å². The normalized spacial score (nSPS) is 12.8. The molecule has 0 saturated heterocycles. The molecule has 0 saturated carbocycles. The number of carbonyl (C=O) groups is 4. The molecule has 2 amide bonds. The molecule has 46 heavy (non-hydrogen) atoms. The first-order chi connectivity index (χ1) is 22.2. The maximum Gasteiger partial charge on any atom is 0.339 e. The van der Waals surface area contributed by atoms with E-state index in [2.05, 4.69) is 0 Å². The fourth-order valence-electron chi connectivity index (χ4n) is 4.92. The van der Waals surface area contributed by atoms with Crippen LogP contribution in [0.5, 0.6) is 11.5 Å². The number of hydrogen-bond acceptors (Lipinski definition) is 8. The maximum atomic E-state index is 13.5. The Morgan fingerprint density at radius 2 is 1.41 bits per heavy atom. The van der Waals surface area contributed by atoms with Crippen LogP contribution >= 0.6 is 11.6 Å². The number of benzene rings is 5. The number of non-ortho nitro benzene ring substituents is 1. The number of imide groups is 1. The number of ether oxygens (including phenoxy) is 2. The molecule has 226 valence electrons. The van der Waals surface area contributed by atoms with Gasteiger partial charge in [-0.15, -0.1) is 0 Å². The number of nitro groups is 1. The highest BCUT2D eigenvalue weighted by Gasteiger charge is 2.39. The second kappa shape index (κ2) is 12.5. The number of esters is 1. The molecule has 0 radical (unpaired) electrons. The molecule has 1 aliphatic rings. The number of carbonyl (C=O) groups excluding carboxylic acids is 4. The summed E-state index contributed by atoms with van der Waals surface area (Å²) in [5.41, 5.74) is 0.827. The Kier molecular flexibility index (Phi) is 8.11. The van der Waals surface area contributed by atoms with Crippen LogP contribution in [0.25, 0.3) is 0 Å². The van der Waals surface area contributed by atoms with Crippen LogP contribution in [0.3, 0.4) is 0 Å². The van der Waals surface area contributed by atoms with E-state index < -0.39 is 34.6 Å². The van der Waals surface area contributed by atoms with Gasteiger partial charge in [-0.05, 0) is 72.8 Å². The highest BCUT2D eigenvalue weighted by Crippen LogP contribution is 2.36. The first kappa shape index (κ1) is 29.9. The number of amides is 2. The monoisotopic (exact) mass is 632 g/mol. The predicted octanol–water partition coefficient (Wildman–Crippen LogP) is 7.62. The summed E-state index contributed by atoms with van der Waals surface area (Å²) in [4.78, 5) is 65.0. The predicted molar refractivity (Wildman–Crippen MR) is 168 cm³/mol. The van der Waals surface area contributed by atoms with Gasteiger partial charge in [0.1, 0.15) is 11.5 Å². The lowest BCUT2D eigenvalue weighted by molar-refractivity contribution is -0.384. The molecule has 0 N–H and O–H groups in total.